The Bertz CT molecular complexity index is 381. The van der Waals surface area contributed by atoms with E-state index in [2.05, 4.69) is 17.1 Å². The molecule has 20 heavy (non-hydrogen) atoms. The van der Waals surface area contributed by atoms with Gasteiger partial charge in [-0.1, -0.05) is 63.4 Å². The van der Waals surface area contributed by atoms with Crippen LogP contribution in [0.1, 0.15) is 89.3 Å². The van der Waals surface area contributed by atoms with Gasteiger partial charge in [-0.05, 0) is 19.3 Å². The van der Waals surface area contributed by atoms with Crippen molar-refractivity contribution in [2.24, 2.45) is 5.73 Å². The van der Waals surface area contributed by atoms with Gasteiger partial charge in [-0.2, -0.15) is 4.98 Å². The van der Waals surface area contributed by atoms with E-state index in [0.717, 1.165) is 37.4 Å². The molecule has 1 aromatic rings. The molecule has 114 valence electrons. The Hall–Kier alpha value is -0.900. The number of unbranched alkanes of at least 4 members (excludes halogenated alkanes) is 4. The van der Waals surface area contributed by atoms with Crippen LogP contribution in [0, 0.1) is 0 Å². The molecule has 0 amide bonds. The molecule has 1 fully saturated rings. The summed E-state index contributed by atoms with van der Waals surface area (Å²) < 4.78 is 5.39. The van der Waals surface area contributed by atoms with E-state index in [1.165, 1.54) is 51.4 Å². The fraction of sp³-hybridized carbons (Fsp3) is 0.875. The van der Waals surface area contributed by atoms with Crippen molar-refractivity contribution >= 4 is 0 Å². The zero-order chi connectivity index (χ0) is 14.3. The van der Waals surface area contributed by atoms with Crippen LogP contribution < -0.4 is 5.73 Å². The molecule has 4 nitrogen and oxygen atoms in total. The highest BCUT2D eigenvalue weighted by molar-refractivity contribution is 5.04. The molecular formula is C16H29N3O. The van der Waals surface area contributed by atoms with E-state index in [1.807, 2.05) is 0 Å². The summed E-state index contributed by atoms with van der Waals surface area (Å²) in [5, 5.41) is 4.16. The van der Waals surface area contributed by atoms with Crippen molar-refractivity contribution in [2.45, 2.75) is 89.5 Å². The summed E-state index contributed by atoms with van der Waals surface area (Å²) in [5.41, 5.74) is 6.16. The number of hydrogen-bond donors (Lipinski definition) is 1. The summed E-state index contributed by atoms with van der Waals surface area (Å²) in [6.45, 7) is 2.23. The fourth-order valence-electron chi connectivity index (χ4n) is 3.02. The van der Waals surface area contributed by atoms with Gasteiger partial charge in [-0.3, -0.25) is 0 Å². The molecule has 1 aliphatic carbocycles. The molecule has 1 heterocycles. The van der Waals surface area contributed by atoms with Gasteiger partial charge in [0.05, 0.1) is 5.54 Å². The maximum Gasteiger partial charge on any atom is 0.226 e. The van der Waals surface area contributed by atoms with Crippen LogP contribution in [0.2, 0.25) is 0 Å². The zero-order valence-electron chi connectivity index (χ0n) is 12.9. The molecular weight excluding hydrogens is 250 g/mol. The van der Waals surface area contributed by atoms with Gasteiger partial charge in [0.15, 0.2) is 5.82 Å². The average molecular weight is 279 g/mol. The van der Waals surface area contributed by atoms with Crippen LogP contribution in [0.15, 0.2) is 4.52 Å². The van der Waals surface area contributed by atoms with Crippen molar-refractivity contribution in [3.8, 4) is 0 Å². The van der Waals surface area contributed by atoms with Gasteiger partial charge in [0, 0.05) is 6.42 Å². The predicted octanol–water partition coefficient (Wildman–Crippen LogP) is 4.09. The van der Waals surface area contributed by atoms with E-state index in [4.69, 9.17) is 10.3 Å². The molecule has 2 rings (SSSR count). The lowest BCUT2D eigenvalue weighted by molar-refractivity contribution is 0.323. The van der Waals surface area contributed by atoms with Crippen molar-refractivity contribution in [3.05, 3.63) is 11.7 Å². The van der Waals surface area contributed by atoms with Crippen LogP contribution in [0.25, 0.3) is 0 Å². The van der Waals surface area contributed by atoms with E-state index in [0.29, 0.717) is 0 Å². The number of hydrogen-bond acceptors (Lipinski definition) is 4. The smallest absolute Gasteiger partial charge is 0.226 e. The summed E-state index contributed by atoms with van der Waals surface area (Å²) in [4.78, 5) is 4.56. The molecule has 0 bridgehead atoms. The first-order valence-electron chi connectivity index (χ1n) is 8.36. The van der Waals surface area contributed by atoms with Gasteiger partial charge in [-0.15, -0.1) is 0 Å². The first-order chi connectivity index (χ1) is 9.74. The lowest BCUT2D eigenvalue weighted by Crippen LogP contribution is -2.37. The number of rotatable bonds is 7. The number of aromatic nitrogens is 2. The molecule has 1 aromatic heterocycles. The third-order valence-electron chi connectivity index (χ3n) is 4.40. The first kappa shape index (κ1) is 15.5. The molecule has 0 aliphatic heterocycles. The largest absolute Gasteiger partial charge is 0.339 e. The second-order valence-corrected chi connectivity index (χ2v) is 6.25. The van der Waals surface area contributed by atoms with Crippen molar-refractivity contribution in [2.75, 3.05) is 0 Å². The van der Waals surface area contributed by atoms with E-state index in [1.54, 1.807) is 0 Å². The molecule has 1 saturated carbocycles. The summed E-state index contributed by atoms with van der Waals surface area (Å²) in [5.74, 6) is 1.51. The molecule has 0 spiro atoms. The Kier molecular flexibility index (Phi) is 6.02. The molecule has 0 atom stereocenters. The van der Waals surface area contributed by atoms with Gasteiger partial charge in [-0.25, -0.2) is 0 Å². The summed E-state index contributed by atoms with van der Waals surface area (Å²) in [6.07, 6.45) is 14.1. The normalized spacial score (nSPS) is 18.9. The monoisotopic (exact) mass is 279 g/mol. The Balaban J connectivity index is 1.84. The Morgan fingerprint density at radius 1 is 1.05 bits per heavy atom. The first-order valence-corrected chi connectivity index (χ1v) is 8.36. The van der Waals surface area contributed by atoms with Gasteiger partial charge in [0.25, 0.3) is 0 Å². The Morgan fingerprint density at radius 2 is 1.75 bits per heavy atom. The van der Waals surface area contributed by atoms with Gasteiger partial charge >= 0.3 is 0 Å². The van der Waals surface area contributed by atoms with Crippen molar-refractivity contribution in [1.82, 2.24) is 10.1 Å². The lowest BCUT2D eigenvalue weighted by atomic mass is 9.91. The fourth-order valence-corrected chi connectivity index (χ4v) is 3.02. The van der Waals surface area contributed by atoms with E-state index < -0.39 is 0 Å². The summed E-state index contributed by atoms with van der Waals surface area (Å²) in [7, 11) is 0. The minimum atomic E-state index is -0.347. The molecule has 2 N–H and O–H groups in total. The second-order valence-electron chi connectivity index (χ2n) is 6.25. The van der Waals surface area contributed by atoms with Crippen LogP contribution in [0.4, 0.5) is 0 Å². The Labute approximate surface area is 122 Å². The van der Waals surface area contributed by atoms with Crippen molar-refractivity contribution in [3.63, 3.8) is 0 Å². The molecule has 1 aliphatic rings. The molecule has 0 unspecified atom stereocenters. The molecule has 0 aromatic carbocycles. The Morgan fingerprint density at radius 3 is 2.45 bits per heavy atom. The highest BCUT2D eigenvalue weighted by Gasteiger charge is 2.33. The third-order valence-corrected chi connectivity index (χ3v) is 4.40. The minimum absolute atomic E-state index is 0.347. The highest BCUT2D eigenvalue weighted by atomic mass is 16.5. The van der Waals surface area contributed by atoms with Crippen molar-refractivity contribution < 1.29 is 4.52 Å². The molecule has 0 radical (unpaired) electrons. The number of nitrogens with two attached hydrogens (primary N) is 1. The van der Waals surface area contributed by atoms with Gasteiger partial charge in [0.1, 0.15) is 0 Å². The van der Waals surface area contributed by atoms with Crippen LogP contribution in [0.5, 0.6) is 0 Å². The zero-order valence-corrected chi connectivity index (χ0v) is 12.9. The van der Waals surface area contributed by atoms with Crippen LogP contribution >= 0.6 is 0 Å². The van der Waals surface area contributed by atoms with Gasteiger partial charge in [0.2, 0.25) is 5.89 Å². The van der Waals surface area contributed by atoms with E-state index in [9.17, 15) is 0 Å². The van der Waals surface area contributed by atoms with E-state index >= 15 is 0 Å². The summed E-state index contributed by atoms with van der Waals surface area (Å²) in [6, 6.07) is 0. The number of nitrogens with zero attached hydrogens (tertiary/aromatic N) is 2. The standard InChI is InChI=1S/C16H29N3O/c1-2-3-4-5-8-11-14-18-15(19-20-14)16(17)12-9-6-7-10-13-16/h2-13,17H2,1H3. The lowest BCUT2D eigenvalue weighted by Gasteiger charge is -2.23. The maximum absolute atomic E-state index is 6.50. The topological polar surface area (TPSA) is 64.9 Å². The van der Waals surface area contributed by atoms with Crippen LogP contribution in [-0.4, -0.2) is 10.1 Å². The third kappa shape index (κ3) is 4.30. The SMILES string of the molecule is CCCCCCCc1nc(C2(N)CCCCCC2)no1. The van der Waals surface area contributed by atoms with Crippen molar-refractivity contribution in [1.29, 1.82) is 0 Å². The molecule has 4 heteroatoms. The summed E-state index contributed by atoms with van der Waals surface area (Å²) >= 11 is 0. The molecule has 0 saturated heterocycles. The second kappa shape index (κ2) is 7.77. The average Bonchev–Trinajstić information content (AvgIpc) is 2.82. The van der Waals surface area contributed by atoms with Crippen LogP contribution in [-0.2, 0) is 12.0 Å². The van der Waals surface area contributed by atoms with Crippen LogP contribution in [0.3, 0.4) is 0 Å². The maximum atomic E-state index is 6.50. The number of aryl methyl sites for hydroxylation is 1. The van der Waals surface area contributed by atoms with Gasteiger partial charge < -0.3 is 10.3 Å². The highest BCUT2D eigenvalue weighted by Crippen LogP contribution is 2.32. The minimum Gasteiger partial charge on any atom is -0.339 e. The predicted molar refractivity (Wildman–Crippen MR) is 80.3 cm³/mol. The quantitative estimate of drug-likeness (QED) is 0.603. The van der Waals surface area contributed by atoms with E-state index in [-0.39, 0.29) is 5.54 Å².